The van der Waals surface area contributed by atoms with Crippen LogP contribution in [-0.4, -0.2) is 26.9 Å². The van der Waals surface area contributed by atoms with Crippen LogP contribution in [0.1, 0.15) is 25.3 Å². The van der Waals surface area contributed by atoms with E-state index in [4.69, 9.17) is 11.6 Å². The molecule has 1 aliphatic heterocycles. The van der Waals surface area contributed by atoms with Gasteiger partial charge in [0.25, 0.3) is 0 Å². The number of imide groups is 1. The molecule has 0 bridgehead atoms. The summed E-state index contributed by atoms with van der Waals surface area (Å²) in [5.74, 6) is -0.329. The van der Waals surface area contributed by atoms with Crippen LogP contribution in [0.15, 0.2) is 0 Å². The zero-order valence-corrected chi connectivity index (χ0v) is 10.4. The largest absolute Gasteiger partial charge is 0.275 e. The van der Waals surface area contributed by atoms with Crippen molar-refractivity contribution in [3.05, 3.63) is 9.47 Å². The molecule has 2 heterocycles. The Morgan fingerprint density at radius 3 is 2.56 bits per heavy atom. The molecule has 16 heavy (non-hydrogen) atoms. The average Bonchev–Trinajstić information content (AvgIpc) is 2.65. The summed E-state index contributed by atoms with van der Waals surface area (Å²) in [7, 11) is 0. The lowest BCUT2D eigenvalue weighted by Crippen LogP contribution is -2.32. The van der Waals surface area contributed by atoms with Gasteiger partial charge in [-0.25, -0.2) is 0 Å². The zero-order chi connectivity index (χ0) is 11.9. The second-order valence-electron chi connectivity index (χ2n) is 4.29. The van der Waals surface area contributed by atoms with Crippen LogP contribution >= 0.6 is 22.9 Å². The number of hydrogen-bond acceptors (Lipinski definition) is 5. The highest BCUT2D eigenvalue weighted by molar-refractivity contribution is 7.15. The molecule has 0 saturated carbocycles. The maximum Gasteiger partial charge on any atom is 0.235 e. The van der Waals surface area contributed by atoms with Gasteiger partial charge in [0.1, 0.15) is 5.01 Å². The SMILES string of the molecule is CC1(C)CC(=O)N(Cc2nnc(Cl)s2)C1=O. The standard InChI is InChI=1S/C9H10ClN3O2S/c1-9(2)3-6(14)13(7(9)15)4-5-11-12-8(10)16-5/h3-4H2,1-2H3. The molecular formula is C9H10ClN3O2S. The van der Waals surface area contributed by atoms with E-state index in [1.54, 1.807) is 13.8 Å². The Hall–Kier alpha value is -1.01. The van der Waals surface area contributed by atoms with Crippen molar-refractivity contribution in [3.8, 4) is 0 Å². The van der Waals surface area contributed by atoms with Crippen molar-refractivity contribution < 1.29 is 9.59 Å². The van der Waals surface area contributed by atoms with Crippen LogP contribution < -0.4 is 0 Å². The lowest BCUT2D eigenvalue weighted by molar-refractivity contribution is -0.141. The predicted octanol–water partition coefficient (Wildman–Crippen LogP) is 1.48. The van der Waals surface area contributed by atoms with E-state index in [9.17, 15) is 9.59 Å². The molecule has 1 aromatic rings. The van der Waals surface area contributed by atoms with Crippen molar-refractivity contribution in [2.45, 2.75) is 26.8 Å². The van der Waals surface area contributed by atoms with E-state index >= 15 is 0 Å². The molecule has 2 rings (SSSR count). The second-order valence-corrected chi connectivity index (χ2v) is 5.94. The van der Waals surface area contributed by atoms with E-state index in [0.29, 0.717) is 9.47 Å². The summed E-state index contributed by atoms with van der Waals surface area (Å²) in [6, 6.07) is 0. The normalized spacial score (nSPS) is 19.6. The summed E-state index contributed by atoms with van der Waals surface area (Å²) in [6.07, 6.45) is 0.248. The average molecular weight is 260 g/mol. The molecule has 0 N–H and O–H groups in total. The molecule has 1 fully saturated rings. The first kappa shape index (κ1) is 11.5. The summed E-state index contributed by atoms with van der Waals surface area (Å²) in [4.78, 5) is 24.7. The molecular weight excluding hydrogens is 250 g/mol. The second kappa shape index (κ2) is 3.78. The van der Waals surface area contributed by atoms with Gasteiger partial charge < -0.3 is 0 Å². The molecule has 0 aromatic carbocycles. The van der Waals surface area contributed by atoms with Gasteiger partial charge in [0.15, 0.2) is 0 Å². The van der Waals surface area contributed by atoms with E-state index in [-0.39, 0.29) is 24.8 Å². The van der Waals surface area contributed by atoms with E-state index in [1.165, 1.54) is 16.2 Å². The Kier molecular flexibility index (Phi) is 2.71. The smallest absolute Gasteiger partial charge is 0.235 e. The molecule has 0 radical (unpaired) electrons. The lowest BCUT2D eigenvalue weighted by atomic mass is 9.92. The molecule has 1 aromatic heterocycles. The Bertz CT molecular complexity index is 457. The zero-order valence-electron chi connectivity index (χ0n) is 8.86. The molecule has 7 heteroatoms. The third-order valence-electron chi connectivity index (χ3n) is 2.45. The number of carbonyl (C=O) groups excluding carboxylic acids is 2. The number of rotatable bonds is 2. The number of carbonyl (C=O) groups is 2. The predicted molar refractivity (Wildman–Crippen MR) is 58.9 cm³/mol. The lowest BCUT2D eigenvalue weighted by Gasteiger charge is -2.16. The molecule has 0 atom stereocenters. The number of likely N-dealkylation sites (tertiary alicyclic amines) is 1. The highest BCUT2D eigenvalue weighted by atomic mass is 35.5. The topological polar surface area (TPSA) is 63.2 Å². The van der Waals surface area contributed by atoms with E-state index in [1.807, 2.05) is 0 Å². The van der Waals surface area contributed by atoms with Crippen molar-refractivity contribution >= 4 is 34.8 Å². The van der Waals surface area contributed by atoms with Crippen molar-refractivity contribution in [2.75, 3.05) is 0 Å². The fourth-order valence-corrected chi connectivity index (χ4v) is 2.48. The third kappa shape index (κ3) is 1.94. The van der Waals surface area contributed by atoms with Crippen molar-refractivity contribution in [3.63, 3.8) is 0 Å². The first-order valence-electron chi connectivity index (χ1n) is 4.73. The number of halogens is 1. The number of hydrogen-bond donors (Lipinski definition) is 0. The van der Waals surface area contributed by atoms with Crippen molar-refractivity contribution in [1.29, 1.82) is 0 Å². The maximum absolute atomic E-state index is 11.9. The fraction of sp³-hybridized carbons (Fsp3) is 0.556. The Morgan fingerprint density at radius 2 is 2.12 bits per heavy atom. The van der Waals surface area contributed by atoms with Crippen LogP contribution in [0.5, 0.6) is 0 Å². The number of aromatic nitrogens is 2. The van der Waals surface area contributed by atoms with Gasteiger partial charge in [-0.15, -0.1) is 10.2 Å². The van der Waals surface area contributed by atoms with Crippen molar-refractivity contribution in [2.24, 2.45) is 5.41 Å². The third-order valence-corrected chi connectivity index (χ3v) is 3.46. The van der Waals surface area contributed by atoms with Gasteiger partial charge in [-0.1, -0.05) is 25.2 Å². The van der Waals surface area contributed by atoms with Crippen LogP contribution in [0.3, 0.4) is 0 Å². The van der Waals surface area contributed by atoms with Gasteiger partial charge in [-0.05, 0) is 11.6 Å². The van der Waals surface area contributed by atoms with Gasteiger partial charge in [-0.3, -0.25) is 14.5 Å². The molecule has 2 amide bonds. The summed E-state index contributed by atoms with van der Waals surface area (Å²) in [5.41, 5.74) is -0.606. The van der Waals surface area contributed by atoms with Gasteiger partial charge in [0.05, 0.1) is 12.0 Å². The van der Waals surface area contributed by atoms with E-state index in [2.05, 4.69) is 10.2 Å². The van der Waals surface area contributed by atoms with Crippen LogP contribution in [0.2, 0.25) is 4.47 Å². The molecule has 0 unspecified atom stereocenters. The molecule has 1 saturated heterocycles. The molecule has 0 spiro atoms. The van der Waals surface area contributed by atoms with Crippen LogP contribution in [0, 0.1) is 5.41 Å². The number of nitrogens with zero attached hydrogens (tertiary/aromatic N) is 3. The van der Waals surface area contributed by atoms with Crippen LogP contribution in [0.4, 0.5) is 0 Å². The quantitative estimate of drug-likeness (QED) is 0.755. The summed E-state index contributed by atoms with van der Waals surface area (Å²) in [5, 5.41) is 7.99. The first-order chi connectivity index (χ1) is 7.40. The highest BCUT2D eigenvalue weighted by Crippen LogP contribution is 2.33. The summed E-state index contributed by atoms with van der Waals surface area (Å²) >= 11 is 6.81. The van der Waals surface area contributed by atoms with Crippen LogP contribution in [-0.2, 0) is 16.1 Å². The minimum Gasteiger partial charge on any atom is -0.275 e. The Labute approximate surface area is 101 Å². The van der Waals surface area contributed by atoms with E-state index in [0.717, 1.165) is 0 Å². The minimum atomic E-state index is -0.606. The van der Waals surface area contributed by atoms with E-state index < -0.39 is 5.41 Å². The molecule has 0 aliphatic carbocycles. The van der Waals surface area contributed by atoms with Crippen molar-refractivity contribution in [1.82, 2.24) is 15.1 Å². The monoisotopic (exact) mass is 259 g/mol. The minimum absolute atomic E-state index is 0.163. The highest BCUT2D eigenvalue weighted by Gasteiger charge is 2.44. The van der Waals surface area contributed by atoms with Crippen LogP contribution in [0.25, 0.3) is 0 Å². The molecule has 5 nitrogen and oxygen atoms in total. The van der Waals surface area contributed by atoms with Gasteiger partial charge in [-0.2, -0.15) is 0 Å². The van der Waals surface area contributed by atoms with Gasteiger partial charge >= 0.3 is 0 Å². The molecule has 86 valence electrons. The van der Waals surface area contributed by atoms with Gasteiger partial charge in [0, 0.05) is 6.42 Å². The summed E-state index contributed by atoms with van der Waals surface area (Å²) in [6.45, 7) is 3.70. The molecule has 1 aliphatic rings. The Morgan fingerprint density at radius 1 is 1.44 bits per heavy atom. The first-order valence-corrected chi connectivity index (χ1v) is 5.92. The maximum atomic E-state index is 11.9. The number of amides is 2. The summed E-state index contributed by atoms with van der Waals surface area (Å²) < 4.78 is 0.313. The fourth-order valence-electron chi connectivity index (χ4n) is 1.62. The van der Waals surface area contributed by atoms with Gasteiger partial charge in [0.2, 0.25) is 16.3 Å². The Balaban J connectivity index is 2.17.